The highest BCUT2D eigenvalue weighted by atomic mass is 16.5. The molecule has 2 amide bonds. The van der Waals surface area contributed by atoms with Crippen molar-refractivity contribution >= 4 is 17.5 Å². The van der Waals surface area contributed by atoms with Crippen LogP contribution in [0.3, 0.4) is 0 Å². The number of anilines is 1. The molecule has 5 rings (SSSR count). The fourth-order valence-corrected chi connectivity index (χ4v) is 3.98. The number of amides is 2. The molecule has 2 fully saturated rings. The number of rotatable bonds is 8. The van der Waals surface area contributed by atoms with Crippen LogP contribution in [-0.2, 0) is 16.1 Å². The van der Waals surface area contributed by atoms with Crippen LogP contribution < -0.4 is 10.1 Å². The minimum absolute atomic E-state index is 0.0381. The standard InChI is InChI=1S/C26H29N5O4/c1-18-5-7-19(8-6-18)25-28-23(35-29-25)16-30-11-13-31(14-12-30)24(32)17-34-22-4-2-3-21(15-22)27-26(33)20-9-10-20/h2-8,15,20H,9-14,16-17H2,1H3,(H,27,33). The van der Waals surface area contributed by atoms with Gasteiger partial charge in [-0.15, -0.1) is 0 Å². The van der Waals surface area contributed by atoms with Gasteiger partial charge in [-0.3, -0.25) is 14.5 Å². The van der Waals surface area contributed by atoms with Gasteiger partial charge in [0.2, 0.25) is 17.6 Å². The average molecular weight is 476 g/mol. The number of nitrogens with zero attached hydrogens (tertiary/aromatic N) is 4. The molecule has 1 aromatic heterocycles. The van der Waals surface area contributed by atoms with E-state index >= 15 is 0 Å². The van der Waals surface area contributed by atoms with Gasteiger partial charge in [-0.05, 0) is 31.9 Å². The van der Waals surface area contributed by atoms with Gasteiger partial charge < -0.3 is 19.5 Å². The lowest BCUT2D eigenvalue weighted by molar-refractivity contribution is -0.135. The molecule has 2 aromatic carbocycles. The Morgan fingerprint density at radius 1 is 1.09 bits per heavy atom. The van der Waals surface area contributed by atoms with Crippen LogP contribution in [0.25, 0.3) is 11.4 Å². The van der Waals surface area contributed by atoms with Crippen molar-refractivity contribution in [1.29, 1.82) is 0 Å². The SMILES string of the molecule is Cc1ccc(-c2noc(CN3CCN(C(=O)COc4cccc(NC(=O)C5CC5)c4)CC3)n2)cc1. The van der Waals surface area contributed by atoms with Crippen molar-refractivity contribution in [3.05, 3.63) is 60.0 Å². The van der Waals surface area contributed by atoms with Gasteiger partial charge in [-0.2, -0.15) is 4.98 Å². The highest BCUT2D eigenvalue weighted by Gasteiger charge is 2.29. The fraction of sp³-hybridized carbons (Fsp3) is 0.385. The molecule has 1 saturated carbocycles. The van der Waals surface area contributed by atoms with Crippen molar-refractivity contribution in [1.82, 2.24) is 19.9 Å². The van der Waals surface area contributed by atoms with Gasteiger partial charge in [-0.25, -0.2) is 0 Å². The van der Waals surface area contributed by atoms with E-state index in [9.17, 15) is 9.59 Å². The Kier molecular flexibility index (Phi) is 6.76. The second-order valence-electron chi connectivity index (χ2n) is 9.11. The fourth-order valence-electron chi connectivity index (χ4n) is 3.98. The van der Waals surface area contributed by atoms with E-state index in [0.717, 1.165) is 31.5 Å². The van der Waals surface area contributed by atoms with E-state index in [1.54, 1.807) is 17.0 Å². The largest absolute Gasteiger partial charge is 0.484 e. The molecule has 0 spiro atoms. The van der Waals surface area contributed by atoms with Crippen molar-refractivity contribution in [2.45, 2.75) is 26.3 Å². The molecular formula is C26H29N5O4. The third-order valence-electron chi connectivity index (χ3n) is 6.27. The molecular weight excluding hydrogens is 446 g/mol. The number of hydrogen-bond donors (Lipinski definition) is 1. The zero-order valence-corrected chi connectivity index (χ0v) is 19.8. The molecule has 3 aromatic rings. The summed E-state index contributed by atoms with van der Waals surface area (Å²) in [6, 6.07) is 15.2. The third kappa shape index (κ3) is 6.05. The first kappa shape index (κ1) is 23.0. The van der Waals surface area contributed by atoms with Crippen LogP contribution in [0.1, 0.15) is 24.3 Å². The van der Waals surface area contributed by atoms with Crippen molar-refractivity contribution in [3.8, 4) is 17.1 Å². The van der Waals surface area contributed by atoms with Crippen LogP contribution in [-0.4, -0.2) is 64.5 Å². The van der Waals surface area contributed by atoms with Crippen molar-refractivity contribution in [2.24, 2.45) is 5.92 Å². The molecule has 0 atom stereocenters. The number of benzene rings is 2. The van der Waals surface area contributed by atoms with Crippen LogP contribution in [0.4, 0.5) is 5.69 Å². The van der Waals surface area contributed by atoms with Crippen molar-refractivity contribution in [2.75, 3.05) is 38.1 Å². The van der Waals surface area contributed by atoms with E-state index in [4.69, 9.17) is 9.26 Å². The second-order valence-corrected chi connectivity index (χ2v) is 9.11. The van der Waals surface area contributed by atoms with Crippen LogP contribution in [0.5, 0.6) is 5.75 Å². The summed E-state index contributed by atoms with van der Waals surface area (Å²) < 4.78 is 11.1. The Hall–Kier alpha value is -3.72. The molecule has 0 bridgehead atoms. The van der Waals surface area contributed by atoms with E-state index in [0.29, 0.717) is 42.8 Å². The van der Waals surface area contributed by atoms with Crippen LogP contribution in [0, 0.1) is 12.8 Å². The molecule has 9 nitrogen and oxygen atoms in total. The lowest BCUT2D eigenvalue weighted by atomic mass is 10.1. The van der Waals surface area contributed by atoms with Gasteiger partial charge in [0.15, 0.2) is 6.61 Å². The minimum Gasteiger partial charge on any atom is -0.484 e. The Morgan fingerprint density at radius 3 is 2.60 bits per heavy atom. The predicted octanol–water partition coefficient (Wildman–Crippen LogP) is 3.12. The normalized spacial score (nSPS) is 16.2. The van der Waals surface area contributed by atoms with E-state index < -0.39 is 0 Å². The molecule has 1 saturated heterocycles. The highest BCUT2D eigenvalue weighted by Crippen LogP contribution is 2.30. The number of piperazine rings is 1. The Balaban J connectivity index is 1.06. The Morgan fingerprint density at radius 2 is 1.86 bits per heavy atom. The molecule has 0 radical (unpaired) electrons. The predicted molar refractivity (Wildman–Crippen MR) is 130 cm³/mol. The Bertz CT molecular complexity index is 1180. The summed E-state index contributed by atoms with van der Waals surface area (Å²) in [6.07, 6.45) is 1.90. The number of hydrogen-bond acceptors (Lipinski definition) is 7. The molecule has 2 heterocycles. The van der Waals surface area contributed by atoms with Gasteiger partial charge in [-0.1, -0.05) is 41.1 Å². The molecule has 182 valence electrons. The summed E-state index contributed by atoms with van der Waals surface area (Å²) in [4.78, 5) is 33.1. The molecule has 1 N–H and O–H groups in total. The molecule has 9 heteroatoms. The number of aromatic nitrogens is 2. The summed E-state index contributed by atoms with van der Waals surface area (Å²) in [6.45, 7) is 5.21. The highest BCUT2D eigenvalue weighted by molar-refractivity contribution is 5.94. The van der Waals surface area contributed by atoms with E-state index in [2.05, 4.69) is 20.4 Å². The molecule has 1 aliphatic heterocycles. The molecule has 0 unspecified atom stereocenters. The second kappa shape index (κ2) is 10.3. The summed E-state index contributed by atoms with van der Waals surface area (Å²) >= 11 is 0. The summed E-state index contributed by atoms with van der Waals surface area (Å²) in [5.74, 6) is 1.83. The maximum atomic E-state index is 12.7. The number of carbonyl (C=O) groups is 2. The van der Waals surface area contributed by atoms with Gasteiger partial charge in [0.1, 0.15) is 5.75 Å². The maximum absolute atomic E-state index is 12.7. The van der Waals surface area contributed by atoms with Crippen molar-refractivity contribution < 1.29 is 18.8 Å². The number of aryl methyl sites for hydroxylation is 1. The first-order valence-corrected chi connectivity index (χ1v) is 12.0. The van der Waals surface area contributed by atoms with Crippen LogP contribution >= 0.6 is 0 Å². The summed E-state index contributed by atoms with van der Waals surface area (Å²) in [5, 5.41) is 6.99. The average Bonchev–Trinajstić information content (AvgIpc) is 3.63. The lowest BCUT2D eigenvalue weighted by Crippen LogP contribution is -2.49. The summed E-state index contributed by atoms with van der Waals surface area (Å²) in [7, 11) is 0. The Labute approximate surface area is 204 Å². The molecule has 2 aliphatic rings. The summed E-state index contributed by atoms with van der Waals surface area (Å²) in [5.41, 5.74) is 2.80. The smallest absolute Gasteiger partial charge is 0.260 e. The molecule has 1 aliphatic carbocycles. The van der Waals surface area contributed by atoms with E-state index in [1.165, 1.54) is 5.56 Å². The number of nitrogens with one attached hydrogen (secondary N) is 1. The number of ether oxygens (including phenoxy) is 1. The number of carbonyl (C=O) groups excluding carboxylic acids is 2. The van der Waals surface area contributed by atoms with Crippen LogP contribution in [0.15, 0.2) is 53.1 Å². The first-order valence-electron chi connectivity index (χ1n) is 12.0. The van der Waals surface area contributed by atoms with Gasteiger partial charge in [0.05, 0.1) is 6.54 Å². The minimum atomic E-state index is -0.0588. The zero-order valence-electron chi connectivity index (χ0n) is 19.8. The molecule has 35 heavy (non-hydrogen) atoms. The van der Waals surface area contributed by atoms with Crippen molar-refractivity contribution in [3.63, 3.8) is 0 Å². The third-order valence-corrected chi connectivity index (χ3v) is 6.27. The monoisotopic (exact) mass is 475 g/mol. The zero-order chi connectivity index (χ0) is 24.2. The van der Waals surface area contributed by atoms with E-state index in [1.807, 2.05) is 43.3 Å². The van der Waals surface area contributed by atoms with Gasteiger partial charge in [0.25, 0.3) is 5.91 Å². The first-order chi connectivity index (χ1) is 17.0. The quantitative estimate of drug-likeness (QED) is 0.534. The van der Waals surface area contributed by atoms with Crippen LogP contribution in [0.2, 0.25) is 0 Å². The van der Waals surface area contributed by atoms with E-state index in [-0.39, 0.29) is 24.3 Å². The van der Waals surface area contributed by atoms with Gasteiger partial charge >= 0.3 is 0 Å². The van der Waals surface area contributed by atoms with Gasteiger partial charge in [0, 0.05) is 49.4 Å². The maximum Gasteiger partial charge on any atom is 0.260 e. The topological polar surface area (TPSA) is 101 Å². The lowest BCUT2D eigenvalue weighted by Gasteiger charge is -2.33.